The summed E-state index contributed by atoms with van der Waals surface area (Å²) in [6.45, 7) is 3.51. The number of fused-ring (bicyclic) bond motifs is 1. The highest BCUT2D eigenvalue weighted by molar-refractivity contribution is 6.08. The molecule has 0 unspecified atom stereocenters. The predicted molar refractivity (Wildman–Crippen MR) is 158 cm³/mol. The molecule has 1 saturated carbocycles. The molecule has 1 aliphatic carbocycles. The molecule has 0 radical (unpaired) electrons. The fourth-order valence-corrected chi connectivity index (χ4v) is 4.77. The van der Waals surface area contributed by atoms with Crippen molar-refractivity contribution in [1.29, 1.82) is 0 Å². The van der Waals surface area contributed by atoms with Crippen molar-refractivity contribution < 1.29 is 9.59 Å². The number of nitrogen functional groups attached to an aromatic ring is 1. The van der Waals surface area contributed by atoms with Gasteiger partial charge in [-0.25, -0.2) is 15.0 Å². The molecule has 0 spiro atoms. The largest absolute Gasteiger partial charge is 0.398 e. The minimum absolute atomic E-state index is 0.231. The maximum absolute atomic E-state index is 12.9. The summed E-state index contributed by atoms with van der Waals surface area (Å²) in [5.74, 6) is 0.603. The molecular formula is C32H26N6O2. The van der Waals surface area contributed by atoms with Crippen LogP contribution in [-0.2, 0) is 4.79 Å². The molecule has 3 aromatic carbocycles. The second-order valence-electron chi connectivity index (χ2n) is 9.72. The zero-order valence-electron chi connectivity index (χ0n) is 21.6. The van der Waals surface area contributed by atoms with Gasteiger partial charge in [-0.3, -0.25) is 9.59 Å². The van der Waals surface area contributed by atoms with Crippen molar-refractivity contribution in [2.45, 2.75) is 18.8 Å². The standard InChI is InChI=1S/C32H26N6O2/c1-2-29(39)37-24-5-3-4-23(14-24)26-16-25(30(33)27-17-34-18-36-31(26)27)20-8-10-21(11-9-20)32(40)38-28-15-22(12-13-35-28)19-6-7-19/h2-5,8-19H,1,6-7,33H2,(H,37,39)(H,35,38,40). The number of nitrogens with zero attached hydrogens (tertiary/aromatic N) is 3. The van der Waals surface area contributed by atoms with Gasteiger partial charge in [-0.15, -0.1) is 0 Å². The molecule has 0 aliphatic heterocycles. The number of nitrogens with one attached hydrogen (secondary N) is 2. The van der Waals surface area contributed by atoms with Crippen LogP contribution in [-0.4, -0.2) is 26.8 Å². The first-order chi connectivity index (χ1) is 19.5. The summed E-state index contributed by atoms with van der Waals surface area (Å²) in [4.78, 5) is 37.8. The van der Waals surface area contributed by atoms with E-state index in [9.17, 15) is 9.59 Å². The highest BCUT2D eigenvalue weighted by Gasteiger charge is 2.24. The van der Waals surface area contributed by atoms with Crippen molar-refractivity contribution in [1.82, 2.24) is 15.0 Å². The SMILES string of the molecule is C=CC(=O)Nc1cccc(-c2cc(-c3ccc(C(=O)Nc4cc(C5CC5)ccn4)cc3)c(N)c3cncnc23)c1. The number of aromatic nitrogens is 3. The van der Waals surface area contributed by atoms with Gasteiger partial charge in [0.05, 0.1) is 11.2 Å². The first-order valence-corrected chi connectivity index (χ1v) is 12.9. The van der Waals surface area contributed by atoms with Gasteiger partial charge in [-0.05, 0) is 84.0 Å². The van der Waals surface area contributed by atoms with E-state index < -0.39 is 0 Å². The number of carbonyl (C=O) groups excluding carboxylic acids is 2. The van der Waals surface area contributed by atoms with E-state index >= 15 is 0 Å². The van der Waals surface area contributed by atoms with E-state index in [1.807, 2.05) is 54.6 Å². The van der Waals surface area contributed by atoms with Crippen LogP contribution in [0.5, 0.6) is 0 Å². The molecular weight excluding hydrogens is 500 g/mol. The molecule has 8 nitrogen and oxygen atoms in total. The number of benzene rings is 3. The smallest absolute Gasteiger partial charge is 0.256 e. The van der Waals surface area contributed by atoms with Crippen molar-refractivity contribution in [3.05, 3.63) is 109 Å². The van der Waals surface area contributed by atoms with Gasteiger partial charge in [-0.2, -0.15) is 0 Å². The maximum atomic E-state index is 12.9. The molecule has 0 saturated heterocycles. The van der Waals surface area contributed by atoms with Crippen LogP contribution in [0.25, 0.3) is 33.2 Å². The molecule has 4 N–H and O–H groups in total. The van der Waals surface area contributed by atoms with Gasteiger partial charge in [0.25, 0.3) is 5.91 Å². The van der Waals surface area contributed by atoms with E-state index in [0.717, 1.165) is 22.3 Å². The molecule has 2 heterocycles. The zero-order chi connectivity index (χ0) is 27.6. The number of amides is 2. The number of carbonyl (C=O) groups is 2. The van der Waals surface area contributed by atoms with Crippen LogP contribution in [0.15, 0.2) is 98.1 Å². The molecule has 1 aliphatic rings. The van der Waals surface area contributed by atoms with Crippen molar-refractivity contribution >= 4 is 39.9 Å². The van der Waals surface area contributed by atoms with Crippen LogP contribution in [0.3, 0.4) is 0 Å². The Kier molecular flexibility index (Phi) is 6.49. The Balaban J connectivity index is 1.33. The molecule has 2 amide bonds. The molecule has 0 bridgehead atoms. The number of hydrogen-bond acceptors (Lipinski definition) is 6. The normalized spacial score (nSPS) is 12.6. The molecule has 2 aromatic heterocycles. The molecule has 40 heavy (non-hydrogen) atoms. The van der Waals surface area contributed by atoms with E-state index in [1.165, 1.54) is 30.8 Å². The maximum Gasteiger partial charge on any atom is 0.256 e. The van der Waals surface area contributed by atoms with Gasteiger partial charge in [0.1, 0.15) is 12.1 Å². The topological polar surface area (TPSA) is 123 Å². The van der Waals surface area contributed by atoms with Gasteiger partial charge in [0, 0.05) is 40.2 Å². The third-order valence-corrected chi connectivity index (χ3v) is 7.00. The minimum Gasteiger partial charge on any atom is -0.398 e. The summed E-state index contributed by atoms with van der Waals surface area (Å²) in [5.41, 5.74) is 13.5. The molecule has 6 rings (SSSR count). The second-order valence-corrected chi connectivity index (χ2v) is 9.72. The third kappa shape index (κ3) is 5.02. The molecule has 0 atom stereocenters. The summed E-state index contributed by atoms with van der Waals surface area (Å²) >= 11 is 0. The lowest BCUT2D eigenvalue weighted by molar-refractivity contribution is -0.111. The third-order valence-electron chi connectivity index (χ3n) is 7.00. The molecule has 196 valence electrons. The Morgan fingerprint density at radius 3 is 2.52 bits per heavy atom. The molecule has 8 heteroatoms. The second kappa shape index (κ2) is 10.4. The first kappa shape index (κ1) is 24.9. The number of nitrogens with two attached hydrogens (primary N) is 1. The summed E-state index contributed by atoms with van der Waals surface area (Å²) in [5, 5.41) is 6.41. The van der Waals surface area contributed by atoms with Crippen LogP contribution >= 0.6 is 0 Å². The summed E-state index contributed by atoms with van der Waals surface area (Å²) in [6, 6.07) is 20.7. The fourth-order valence-electron chi connectivity index (χ4n) is 4.77. The van der Waals surface area contributed by atoms with Gasteiger partial charge < -0.3 is 16.4 Å². The van der Waals surface area contributed by atoms with Gasteiger partial charge in [-0.1, -0.05) is 30.8 Å². The average Bonchev–Trinajstić information content (AvgIpc) is 3.84. The average molecular weight is 527 g/mol. The minimum atomic E-state index is -0.294. The lowest BCUT2D eigenvalue weighted by Gasteiger charge is -2.15. The van der Waals surface area contributed by atoms with E-state index in [2.05, 4.69) is 32.2 Å². The summed E-state index contributed by atoms with van der Waals surface area (Å²) in [6.07, 6.45) is 8.50. The van der Waals surface area contributed by atoms with Crippen LogP contribution in [0.2, 0.25) is 0 Å². The van der Waals surface area contributed by atoms with E-state index in [0.29, 0.717) is 39.6 Å². The Labute approximate surface area is 231 Å². The van der Waals surface area contributed by atoms with Crippen molar-refractivity contribution in [2.24, 2.45) is 0 Å². The highest BCUT2D eigenvalue weighted by atomic mass is 16.2. The Morgan fingerprint density at radius 2 is 1.75 bits per heavy atom. The monoisotopic (exact) mass is 526 g/mol. The van der Waals surface area contributed by atoms with Crippen molar-refractivity contribution in [3.63, 3.8) is 0 Å². The fraction of sp³-hybridized carbons (Fsp3) is 0.0938. The van der Waals surface area contributed by atoms with Gasteiger partial charge >= 0.3 is 0 Å². The van der Waals surface area contributed by atoms with Gasteiger partial charge in [0.15, 0.2) is 0 Å². The highest BCUT2D eigenvalue weighted by Crippen LogP contribution is 2.41. The Bertz CT molecular complexity index is 1780. The predicted octanol–water partition coefficient (Wildman–Crippen LogP) is 6.20. The quantitative estimate of drug-likeness (QED) is 0.172. The van der Waals surface area contributed by atoms with Crippen molar-refractivity contribution in [2.75, 3.05) is 16.4 Å². The van der Waals surface area contributed by atoms with E-state index in [1.54, 1.807) is 24.5 Å². The molecule has 5 aromatic rings. The lowest BCUT2D eigenvalue weighted by atomic mass is 9.93. The molecule has 1 fully saturated rings. The number of anilines is 3. The van der Waals surface area contributed by atoms with Gasteiger partial charge in [0.2, 0.25) is 5.91 Å². The van der Waals surface area contributed by atoms with Crippen LogP contribution in [0, 0.1) is 0 Å². The zero-order valence-corrected chi connectivity index (χ0v) is 21.6. The number of rotatable bonds is 7. The summed E-state index contributed by atoms with van der Waals surface area (Å²) in [7, 11) is 0. The van der Waals surface area contributed by atoms with E-state index in [-0.39, 0.29) is 11.8 Å². The first-order valence-electron chi connectivity index (χ1n) is 12.9. The Morgan fingerprint density at radius 1 is 0.925 bits per heavy atom. The van der Waals surface area contributed by atoms with E-state index in [4.69, 9.17) is 5.73 Å². The number of pyridine rings is 1. The van der Waals surface area contributed by atoms with Crippen LogP contribution in [0.4, 0.5) is 17.2 Å². The number of hydrogen-bond donors (Lipinski definition) is 3. The summed E-state index contributed by atoms with van der Waals surface area (Å²) < 4.78 is 0. The van der Waals surface area contributed by atoms with Crippen molar-refractivity contribution in [3.8, 4) is 22.3 Å². The van der Waals surface area contributed by atoms with Crippen LogP contribution in [0.1, 0.15) is 34.7 Å². The van der Waals surface area contributed by atoms with Crippen LogP contribution < -0.4 is 16.4 Å². The lowest BCUT2D eigenvalue weighted by Crippen LogP contribution is -2.13. The Hall–Kier alpha value is -5.37.